The highest BCUT2D eigenvalue weighted by atomic mass is 19.2. The van der Waals surface area contributed by atoms with Gasteiger partial charge in [0.1, 0.15) is 11.3 Å². The van der Waals surface area contributed by atoms with Gasteiger partial charge in [-0.05, 0) is 36.8 Å². The number of nitrogens with one attached hydrogen (secondary N) is 1. The molecular formula is C16H13F2N3O3. The highest BCUT2D eigenvalue weighted by molar-refractivity contribution is 6.03. The zero-order valence-corrected chi connectivity index (χ0v) is 12.6. The van der Waals surface area contributed by atoms with E-state index in [9.17, 15) is 13.6 Å². The Balaban J connectivity index is 1.80. The van der Waals surface area contributed by atoms with Crippen LogP contribution in [0.3, 0.4) is 0 Å². The molecule has 0 spiro atoms. The van der Waals surface area contributed by atoms with E-state index >= 15 is 0 Å². The minimum absolute atomic E-state index is 0.0166. The molecule has 0 unspecified atom stereocenters. The highest BCUT2D eigenvalue weighted by Crippen LogP contribution is 2.28. The molecule has 8 heteroatoms. The lowest BCUT2D eigenvalue weighted by molar-refractivity contribution is 0.0951. The van der Waals surface area contributed by atoms with Crippen LogP contribution in [-0.2, 0) is 6.54 Å². The summed E-state index contributed by atoms with van der Waals surface area (Å²) in [7, 11) is 0. The Morgan fingerprint density at radius 2 is 2.04 bits per heavy atom. The fourth-order valence-corrected chi connectivity index (χ4v) is 2.17. The van der Waals surface area contributed by atoms with Crippen LogP contribution >= 0.6 is 0 Å². The van der Waals surface area contributed by atoms with Gasteiger partial charge in [-0.2, -0.15) is 0 Å². The highest BCUT2D eigenvalue weighted by Gasteiger charge is 2.24. The third-order valence-electron chi connectivity index (χ3n) is 3.36. The number of carbonyl (C=O) groups excluding carboxylic acids is 1. The predicted octanol–water partition coefficient (Wildman–Crippen LogP) is 3.03. The summed E-state index contributed by atoms with van der Waals surface area (Å²) in [6.07, 6.45) is 0. The monoisotopic (exact) mass is 333 g/mol. The maximum absolute atomic E-state index is 13.2. The van der Waals surface area contributed by atoms with Crippen LogP contribution in [-0.4, -0.2) is 11.1 Å². The molecule has 0 aliphatic carbocycles. The number of hydrogen-bond donors (Lipinski definition) is 2. The third-order valence-corrected chi connectivity index (χ3v) is 3.36. The van der Waals surface area contributed by atoms with Crippen LogP contribution in [0.4, 0.5) is 14.7 Å². The Kier molecular flexibility index (Phi) is 4.03. The number of carbonyl (C=O) groups is 1. The van der Waals surface area contributed by atoms with Gasteiger partial charge in [0.15, 0.2) is 23.1 Å². The topological polar surface area (TPSA) is 94.3 Å². The van der Waals surface area contributed by atoms with E-state index in [1.54, 1.807) is 19.1 Å². The molecule has 6 nitrogen and oxygen atoms in total. The van der Waals surface area contributed by atoms with Gasteiger partial charge in [-0.25, -0.2) is 8.78 Å². The van der Waals surface area contributed by atoms with Gasteiger partial charge in [-0.3, -0.25) is 4.79 Å². The van der Waals surface area contributed by atoms with Crippen molar-refractivity contribution in [2.45, 2.75) is 13.5 Å². The summed E-state index contributed by atoms with van der Waals surface area (Å²) in [4.78, 5) is 12.4. The largest absolute Gasteiger partial charge is 0.460 e. The number of rotatable bonds is 4. The third kappa shape index (κ3) is 2.98. The second-order valence-corrected chi connectivity index (χ2v) is 5.11. The first-order valence-electron chi connectivity index (χ1n) is 7.00. The quantitative estimate of drug-likeness (QED) is 0.765. The molecule has 3 N–H and O–H groups in total. The lowest BCUT2D eigenvalue weighted by atomic mass is 10.1. The molecule has 0 saturated heterocycles. The fourth-order valence-electron chi connectivity index (χ4n) is 2.17. The van der Waals surface area contributed by atoms with E-state index in [4.69, 9.17) is 14.7 Å². The molecule has 0 atom stereocenters. The zero-order chi connectivity index (χ0) is 17.3. The number of amides is 1. The Labute approximate surface area is 135 Å². The van der Waals surface area contributed by atoms with Gasteiger partial charge in [0.25, 0.3) is 5.91 Å². The first-order valence-corrected chi connectivity index (χ1v) is 7.00. The smallest absolute Gasteiger partial charge is 0.259 e. The maximum atomic E-state index is 13.2. The van der Waals surface area contributed by atoms with Crippen LogP contribution in [0.15, 0.2) is 39.3 Å². The van der Waals surface area contributed by atoms with Crippen molar-refractivity contribution in [3.05, 3.63) is 58.9 Å². The average Bonchev–Trinajstić information content (AvgIpc) is 3.14. The van der Waals surface area contributed by atoms with Gasteiger partial charge in [0.05, 0.1) is 0 Å². The molecule has 124 valence electrons. The Morgan fingerprint density at radius 1 is 1.25 bits per heavy atom. The minimum Gasteiger partial charge on any atom is -0.460 e. The van der Waals surface area contributed by atoms with Crippen molar-refractivity contribution >= 4 is 11.8 Å². The van der Waals surface area contributed by atoms with Gasteiger partial charge in [-0.1, -0.05) is 11.2 Å². The van der Waals surface area contributed by atoms with Crippen molar-refractivity contribution in [2.24, 2.45) is 0 Å². The second kappa shape index (κ2) is 6.15. The Hall–Kier alpha value is -3.16. The van der Waals surface area contributed by atoms with Crippen LogP contribution in [0, 0.1) is 18.6 Å². The molecule has 0 saturated carbocycles. The summed E-state index contributed by atoms with van der Waals surface area (Å²) in [5, 5.41) is 6.29. The SMILES string of the molecule is Cc1ccc(-c2noc(N)c2C(=O)NCc2ccc(F)c(F)c2)o1. The number of furan rings is 1. The number of hydrogen-bond acceptors (Lipinski definition) is 5. The fraction of sp³-hybridized carbons (Fsp3) is 0.125. The molecule has 0 radical (unpaired) electrons. The normalized spacial score (nSPS) is 10.8. The van der Waals surface area contributed by atoms with E-state index in [0.717, 1.165) is 12.1 Å². The summed E-state index contributed by atoms with van der Waals surface area (Å²) in [5.41, 5.74) is 6.24. The first-order chi connectivity index (χ1) is 11.5. The average molecular weight is 333 g/mol. The van der Waals surface area contributed by atoms with Crippen molar-refractivity contribution in [3.63, 3.8) is 0 Å². The molecule has 3 aromatic rings. The predicted molar refractivity (Wildman–Crippen MR) is 80.9 cm³/mol. The van der Waals surface area contributed by atoms with Crippen molar-refractivity contribution in [3.8, 4) is 11.5 Å². The number of benzene rings is 1. The molecule has 24 heavy (non-hydrogen) atoms. The van der Waals surface area contributed by atoms with E-state index in [1.807, 2.05) is 0 Å². The Bertz CT molecular complexity index is 902. The van der Waals surface area contributed by atoms with Crippen molar-refractivity contribution < 1.29 is 22.5 Å². The standard InChI is InChI=1S/C16H13F2N3O3/c1-8-2-5-12(23-8)14-13(15(19)24-21-14)16(22)20-7-9-3-4-10(17)11(18)6-9/h2-6H,7,19H2,1H3,(H,20,22). The summed E-state index contributed by atoms with van der Waals surface area (Å²) in [5.74, 6) is -1.70. The van der Waals surface area contributed by atoms with E-state index in [1.165, 1.54) is 6.07 Å². The molecular weight excluding hydrogens is 320 g/mol. The van der Waals surface area contributed by atoms with Gasteiger partial charge >= 0.3 is 0 Å². The van der Waals surface area contributed by atoms with Gasteiger partial charge < -0.3 is 20.0 Å². The molecule has 0 aliphatic rings. The number of anilines is 1. The van der Waals surface area contributed by atoms with E-state index in [0.29, 0.717) is 17.1 Å². The number of nitrogen functional groups attached to an aromatic ring is 1. The first kappa shape index (κ1) is 15.7. The number of halogens is 2. The molecule has 1 aromatic carbocycles. The molecule has 0 aliphatic heterocycles. The summed E-state index contributed by atoms with van der Waals surface area (Å²) in [6, 6.07) is 6.71. The lowest BCUT2D eigenvalue weighted by Gasteiger charge is -2.05. The molecule has 3 rings (SSSR count). The summed E-state index contributed by atoms with van der Waals surface area (Å²) >= 11 is 0. The van der Waals surface area contributed by atoms with E-state index in [2.05, 4.69) is 10.5 Å². The van der Waals surface area contributed by atoms with Crippen LogP contribution in [0.1, 0.15) is 21.7 Å². The van der Waals surface area contributed by atoms with Crippen LogP contribution in [0.25, 0.3) is 11.5 Å². The van der Waals surface area contributed by atoms with Crippen LogP contribution in [0.2, 0.25) is 0 Å². The van der Waals surface area contributed by atoms with Gasteiger partial charge in [0.2, 0.25) is 5.88 Å². The number of nitrogens with zero attached hydrogens (tertiary/aromatic N) is 1. The van der Waals surface area contributed by atoms with E-state index < -0.39 is 17.5 Å². The maximum Gasteiger partial charge on any atom is 0.259 e. The number of aromatic nitrogens is 1. The van der Waals surface area contributed by atoms with Crippen molar-refractivity contribution in [2.75, 3.05) is 5.73 Å². The molecule has 2 heterocycles. The van der Waals surface area contributed by atoms with E-state index in [-0.39, 0.29) is 23.7 Å². The lowest BCUT2D eigenvalue weighted by Crippen LogP contribution is -2.24. The van der Waals surface area contributed by atoms with Crippen molar-refractivity contribution in [1.82, 2.24) is 10.5 Å². The Morgan fingerprint density at radius 3 is 2.71 bits per heavy atom. The molecule has 0 bridgehead atoms. The van der Waals surface area contributed by atoms with Gasteiger partial charge in [0, 0.05) is 6.54 Å². The summed E-state index contributed by atoms with van der Waals surface area (Å²) in [6.45, 7) is 1.73. The van der Waals surface area contributed by atoms with Crippen LogP contribution < -0.4 is 11.1 Å². The summed E-state index contributed by atoms with van der Waals surface area (Å²) < 4.78 is 36.4. The molecule has 2 aromatic heterocycles. The molecule has 1 amide bonds. The van der Waals surface area contributed by atoms with Gasteiger partial charge in [-0.15, -0.1) is 0 Å². The minimum atomic E-state index is -0.988. The van der Waals surface area contributed by atoms with Crippen LogP contribution in [0.5, 0.6) is 0 Å². The molecule has 0 fully saturated rings. The number of aryl methyl sites for hydroxylation is 1. The second-order valence-electron chi connectivity index (χ2n) is 5.11. The number of nitrogens with two attached hydrogens (primary N) is 1. The van der Waals surface area contributed by atoms with Crippen molar-refractivity contribution in [1.29, 1.82) is 0 Å². The zero-order valence-electron chi connectivity index (χ0n) is 12.6.